The first-order valence-electron chi connectivity index (χ1n) is 8.14. The standard InChI is InChI=1S/C18H22ClNO4/c1-17(2,12-4-3-5-14(19)8-12)15(21)20-9-13-10-24-7-6-18(13,11-20)16(22)23/h3-5,8,13H,6-7,9-11H2,1-2H3,(H,22,23)/t13-,18+/m0/s1. The van der Waals surface area contributed by atoms with Crippen molar-refractivity contribution in [2.75, 3.05) is 26.3 Å². The summed E-state index contributed by atoms with van der Waals surface area (Å²) < 4.78 is 5.45. The third-order valence-electron chi connectivity index (χ3n) is 5.50. The first-order valence-corrected chi connectivity index (χ1v) is 8.52. The van der Waals surface area contributed by atoms with Crippen molar-refractivity contribution in [3.8, 4) is 0 Å². The Kier molecular flexibility index (Phi) is 4.34. The number of hydrogen-bond donors (Lipinski definition) is 1. The quantitative estimate of drug-likeness (QED) is 0.908. The summed E-state index contributed by atoms with van der Waals surface area (Å²) in [5.41, 5.74) is -0.812. The summed E-state index contributed by atoms with van der Waals surface area (Å²) in [4.78, 5) is 26.7. The Morgan fingerprint density at radius 3 is 2.79 bits per heavy atom. The molecule has 0 aliphatic carbocycles. The normalized spacial score (nSPS) is 27.0. The van der Waals surface area contributed by atoms with Crippen LogP contribution in [0.5, 0.6) is 0 Å². The molecule has 1 N–H and O–H groups in total. The molecule has 0 unspecified atom stereocenters. The van der Waals surface area contributed by atoms with Crippen molar-refractivity contribution in [1.82, 2.24) is 4.90 Å². The van der Waals surface area contributed by atoms with Crippen LogP contribution >= 0.6 is 11.6 Å². The van der Waals surface area contributed by atoms with Crippen LogP contribution in [0.2, 0.25) is 5.02 Å². The lowest BCUT2D eigenvalue weighted by atomic mass is 9.74. The lowest BCUT2D eigenvalue weighted by Gasteiger charge is -2.34. The van der Waals surface area contributed by atoms with E-state index < -0.39 is 16.8 Å². The zero-order valence-corrected chi connectivity index (χ0v) is 14.7. The van der Waals surface area contributed by atoms with Crippen LogP contribution in [0.4, 0.5) is 0 Å². The largest absolute Gasteiger partial charge is 0.481 e. The number of benzene rings is 1. The van der Waals surface area contributed by atoms with Crippen LogP contribution in [0.25, 0.3) is 0 Å². The molecule has 2 aliphatic heterocycles. The Morgan fingerprint density at radius 1 is 1.42 bits per heavy atom. The molecular weight excluding hydrogens is 330 g/mol. The highest BCUT2D eigenvalue weighted by molar-refractivity contribution is 6.30. The second-order valence-electron chi connectivity index (χ2n) is 7.30. The number of rotatable bonds is 3. The summed E-state index contributed by atoms with van der Waals surface area (Å²) in [6.07, 6.45) is 0.453. The predicted octanol–water partition coefficient (Wildman–Crippen LogP) is 2.57. The summed E-state index contributed by atoms with van der Waals surface area (Å²) in [5.74, 6) is -1.05. The first-order chi connectivity index (χ1) is 11.3. The van der Waals surface area contributed by atoms with Crippen molar-refractivity contribution in [2.24, 2.45) is 11.3 Å². The van der Waals surface area contributed by atoms with Gasteiger partial charge in [0.15, 0.2) is 0 Å². The summed E-state index contributed by atoms with van der Waals surface area (Å²) in [5, 5.41) is 10.3. The first kappa shape index (κ1) is 17.2. The number of aliphatic carboxylic acids is 1. The second-order valence-corrected chi connectivity index (χ2v) is 7.74. The van der Waals surface area contributed by atoms with Gasteiger partial charge in [-0.3, -0.25) is 9.59 Å². The highest BCUT2D eigenvalue weighted by Gasteiger charge is 2.56. The van der Waals surface area contributed by atoms with Crippen LogP contribution in [-0.2, 0) is 19.7 Å². The maximum absolute atomic E-state index is 13.1. The zero-order valence-electron chi connectivity index (χ0n) is 13.9. The number of hydrogen-bond acceptors (Lipinski definition) is 3. The van der Waals surface area contributed by atoms with Crippen molar-refractivity contribution in [3.63, 3.8) is 0 Å². The zero-order chi connectivity index (χ0) is 17.5. The van der Waals surface area contributed by atoms with E-state index in [1.165, 1.54) is 0 Å². The van der Waals surface area contributed by atoms with Gasteiger partial charge in [-0.05, 0) is 38.0 Å². The molecule has 1 aromatic rings. The van der Waals surface area contributed by atoms with Gasteiger partial charge in [-0.15, -0.1) is 0 Å². The number of fused-ring (bicyclic) bond motifs is 1. The van der Waals surface area contributed by atoms with Gasteiger partial charge < -0.3 is 14.7 Å². The molecule has 2 heterocycles. The summed E-state index contributed by atoms with van der Waals surface area (Å²) >= 11 is 6.06. The fourth-order valence-corrected chi connectivity index (χ4v) is 4.04. The van der Waals surface area contributed by atoms with Crippen molar-refractivity contribution >= 4 is 23.5 Å². The lowest BCUT2D eigenvalue weighted by Crippen LogP contribution is -2.46. The van der Waals surface area contributed by atoms with Crippen LogP contribution < -0.4 is 0 Å². The molecule has 0 saturated carbocycles. The van der Waals surface area contributed by atoms with Crippen molar-refractivity contribution in [2.45, 2.75) is 25.7 Å². The van der Waals surface area contributed by atoms with Gasteiger partial charge in [-0.1, -0.05) is 23.7 Å². The molecule has 6 heteroatoms. The third kappa shape index (κ3) is 2.70. The molecule has 5 nitrogen and oxygen atoms in total. The number of likely N-dealkylation sites (tertiary alicyclic amines) is 1. The highest BCUT2D eigenvalue weighted by Crippen LogP contribution is 2.44. The number of carbonyl (C=O) groups excluding carboxylic acids is 1. The highest BCUT2D eigenvalue weighted by atomic mass is 35.5. The summed E-state index contributed by atoms with van der Waals surface area (Å²) in [7, 11) is 0. The third-order valence-corrected chi connectivity index (χ3v) is 5.74. The van der Waals surface area contributed by atoms with Crippen LogP contribution in [0.15, 0.2) is 24.3 Å². The van der Waals surface area contributed by atoms with Crippen LogP contribution in [-0.4, -0.2) is 48.2 Å². The van der Waals surface area contributed by atoms with Gasteiger partial charge in [0.05, 0.1) is 17.4 Å². The molecule has 2 atom stereocenters. The van der Waals surface area contributed by atoms with E-state index in [-0.39, 0.29) is 18.4 Å². The fourth-order valence-electron chi connectivity index (χ4n) is 3.85. The van der Waals surface area contributed by atoms with Gasteiger partial charge in [0.2, 0.25) is 5.91 Å². The van der Waals surface area contributed by atoms with E-state index in [0.29, 0.717) is 31.2 Å². The number of carboxylic acid groups (broad SMARTS) is 1. The van der Waals surface area contributed by atoms with Crippen molar-refractivity contribution in [3.05, 3.63) is 34.9 Å². The number of carboxylic acids is 1. The monoisotopic (exact) mass is 351 g/mol. The molecule has 130 valence electrons. The molecule has 0 spiro atoms. The van der Waals surface area contributed by atoms with Crippen LogP contribution in [0.1, 0.15) is 25.8 Å². The summed E-state index contributed by atoms with van der Waals surface area (Å²) in [6.45, 7) is 5.21. The SMILES string of the molecule is CC(C)(C(=O)N1C[C@H]2COCC[C@@]2(C(=O)O)C1)c1cccc(Cl)c1. The molecule has 2 aliphatic rings. The predicted molar refractivity (Wildman–Crippen MR) is 90.1 cm³/mol. The van der Waals surface area contributed by atoms with E-state index in [1.807, 2.05) is 26.0 Å². The maximum atomic E-state index is 13.1. The molecule has 1 amide bonds. The van der Waals surface area contributed by atoms with E-state index in [2.05, 4.69) is 0 Å². The van der Waals surface area contributed by atoms with Gasteiger partial charge >= 0.3 is 5.97 Å². The van der Waals surface area contributed by atoms with E-state index in [4.69, 9.17) is 16.3 Å². The fraction of sp³-hybridized carbons (Fsp3) is 0.556. The molecule has 2 saturated heterocycles. The number of amides is 1. The lowest BCUT2D eigenvalue weighted by molar-refractivity contribution is -0.157. The average Bonchev–Trinajstić information content (AvgIpc) is 2.95. The van der Waals surface area contributed by atoms with E-state index in [9.17, 15) is 14.7 Å². The molecule has 3 rings (SSSR count). The Balaban J connectivity index is 1.87. The number of nitrogens with zero attached hydrogens (tertiary/aromatic N) is 1. The number of halogens is 1. The van der Waals surface area contributed by atoms with E-state index in [0.717, 1.165) is 5.56 Å². The average molecular weight is 352 g/mol. The van der Waals surface area contributed by atoms with Gasteiger partial charge in [-0.25, -0.2) is 0 Å². The Hall–Kier alpha value is -1.59. The molecule has 0 bridgehead atoms. The van der Waals surface area contributed by atoms with E-state index in [1.54, 1.807) is 17.0 Å². The topological polar surface area (TPSA) is 66.8 Å². The van der Waals surface area contributed by atoms with Crippen molar-refractivity contribution < 1.29 is 19.4 Å². The van der Waals surface area contributed by atoms with Crippen LogP contribution in [0, 0.1) is 11.3 Å². The minimum atomic E-state index is -0.877. The Bertz CT molecular complexity index is 675. The molecule has 0 radical (unpaired) electrons. The maximum Gasteiger partial charge on any atom is 0.311 e. The van der Waals surface area contributed by atoms with Crippen LogP contribution in [0.3, 0.4) is 0 Å². The van der Waals surface area contributed by atoms with Gasteiger partial charge in [-0.2, -0.15) is 0 Å². The Labute approximate surface area is 146 Å². The molecular formula is C18H22ClNO4. The van der Waals surface area contributed by atoms with Crippen molar-refractivity contribution in [1.29, 1.82) is 0 Å². The summed E-state index contributed by atoms with van der Waals surface area (Å²) in [6, 6.07) is 7.26. The van der Waals surface area contributed by atoms with Gasteiger partial charge in [0.1, 0.15) is 0 Å². The minimum absolute atomic E-state index is 0.0696. The second kappa shape index (κ2) is 6.05. The molecule has 24 heavy (non-hydrogen) atoms. The molecule has 2 fully saturated rings. The molecule has 0 aromatic heterocycles. The number of ether oxygens (including phenoxy) is 1. The number of carbonyl (C=O) groups is 2. The Morgan fingerprint density at radius 2 is 2.17 bits per heavy atom. The van der Waals surface area contributed by atoms with Gasteiger partial charge in [0, 0.05) is 30.6 Å². The minimum Gasteiger partial charge on any atom is -0.481 e. The van der Waals surface area contributed by atoms with Gasteiger partial charge in [0.25, 0.3) is 0 Å². The molecule has 1 aromatic carbocycles. The smallest absolute Gasteiger partial charge is 0.311 e. The van der Waals surface area contributed by atoms with E-state index >= 15 is 0 Å².